The van der Waals surface area contributed by atoms with Gasteiger partial charge in [-0.25, -0.2) is 9.50 Å². The van der Waals surface area contributed by atoms with E-state index in [-0.39, 0.29) is 22.8 Å². The molecule has 0 unspecified atom stereocenters. The second-order valence-electron chi connectivity index (χ2n) is 4.02. The van der Waals surface area contributed by atoms with E-state index in [0.717, 1.165) is 0 Å². The van der Waals surface area contributed by atoms with Gasteiger partial charge in [-0.2, -0.15) is 5.10 Å². The Labute approximate surface area is 120 Å². The maximum Gasteiger partial charge on any atom is 0.277 e. The molecular weight excluding hydrogens is 270 g/mol. The highest BCUT2D eigenvalue weighted by atomic mass is 16.1. The first-order chi connectivity index (χ1) is 10.1. The highest BCUT2D eigenvalue weighted by Gasteiger charge is 2.20. The lowest BCUT2D eigenvalue weighted by atomic mass is 10.2. The molecule has 0 spiro atoms. The van der Waals surface area contributed by atoms with Gasteiger partial charge in [0, 0.05) is 13.1 Å². The Morgan fingerprint density at radius 2 is 2.19 bits per heavy atom. The number of aromatic nitrogens is 4. The molecule has 0 saturated carbocycles. The molecule has 0 bridgehead atoms. The normalized spacial score (nSPS) is 12.0. The van der Waals surface area contributed by atoms with Gasteiger partial charge >= 0.3 is 0 Å². The first-order valence-electron chi connectivity index (χ1n) is 6.05. The molecule has 7 nitrogen and oxygen atoms in total. The van der Waals surface area contributed by atoms with E-state index in [9.17, 15) is 9.59 Å². The number of H-pyrrole nitrogens is 1. The number of ketones is 1. The van der Waals surface area contributed by atoms with Gasteiger partial charge in [-0.05, 0) is 6.08 Å². The van der Waals surface area contributed by atoms with Crippen LogP contribution in [0, 0.1) is 0 Å². The van der Waals surface area contributed by atoms with E-state index < -0.39 is 5.56 Å². The van der Waals surface area contributed by atoms with Crippen molar-refractivity contribution >= 4 is 23.2 Å². The smallest absolute Gasteiger partial charge is 0.277 e. The van der Waals surface area contributed by atoms with Crippen molar-refractivity contribution in [2.24, 2.45) is 4.99 Å². The highest BCUT2D eigenvalue weighted by molar-refractivity contribution is 5.93. The van der Waals surface area contributed by atoms with Crippen molar-refractivity contribution in [2.75, 3.05) is 0 Å². The summed E-state index contributed by atoms with van der Waals surface area (Å²) in [7, 11) is 0. The molecule has 0 atom stereocenters. The van der Waals surface area contributed by atoms with Gasteiger partial charge in [0.2, 0.25) is 0 Å². The molecule has 2 heterocycles. The Bertz CT molecular complexity index is 839. The van der Waals surface area contributed by atoms with E-state index in [0.29, 0.717) is 5.70 Å². The maximum atomic E-state index is 12.0. The molecule has 0 fully saturated rings. The van der Waals surface area contributed by atoms with E-state index in [1.54, 1.807) is 6.08 Å². The molecule has 0 aromatic carbocycles. The number of hydrogen-bond donors (Lipinski definition) is 1. The van der Waals surface area contributed by atoms with Crippen LogP contribution in [0.3, 0.4) is 0 Å². The van der Waals surface area contributed by atoms with Crippen LogP contribution in [0.15, 0.2) is 47.5 Å². The van der Waals surface area contributed by atoms with Crippen LogP contribution in [0.2, 0.25) is 0 Å². The molecule has 2 aromatic rings. The molecule has 7 heteroatoms. The second kappa shape index (κ2) is 5.91. The van der Waals surface area contributed by atoms with Crippen molar-refractivity contribution < 1.29 is 4.79 Å². The summed E-state index contributed by atoms with van der Waals surface area (Å²) in [6, 6.07) is 0. The average Bonchev–Trinajstić information content (AvgIpc) is 2.84. The molecule has 1 N–H and O–H groups in total. The molecule has 0 aliphatic heterocycles. The summed E-state index contributed by atoms with van der Waals surface area (Å²) in [6.45, 7) is 8.49. The molecule has 0 saturated heterocycles. The number of aromatic amines is 1. The lowest BCUT2D eigenvalue weighted by molar-refractivity contribution is 0.100. The van der Waals surface area contributed by atoms with Crippen LogP contribution in [-0.2, 0) is 0 Å². The third-order valence-corrected chi connectivity index (χ3v) is 2.59. The third kappa shape index (κ3) is 2.62. The SMILES string of the molecule is C=CC=N/C(=C\C=C)c1nc(C(C)=O)n2nc[nH]c(=O)c12. The van der Waals surface area contributed by atoms with Crippen molar-refractivity contribution in [3.05, 3.63) is 59.6 Å². The minimum absolute atomic E-state index is 0.0647. The fourth-order valence-corrected chi connectivity index (χ4v) is 1.78. The van der Waals surface area contributed by atoms with Crippen molar-refractivity contribution in [2.45, 2.75) is 6.92 Å². The summed E-state index contributed by atoms with van der Waals surface area (Å²) < 4.78 is 1.21. The maximum absolute atomic E-state index is 12.0. The lowest BCUT2D eigenvalue weighted by Crippen LogP contribution is -2.13. The number of nitrogens with one attached hydrogen (secondary N) is 1. The summed E-state index contributed by atoms with van der Waals surface area (Å²) in [5, 5.41) is 3.96. The van der Waals surface area contributed by atoms with Crippen molar-refractivity contribution in [3.63, 3.8) is 0 Å². The zero-order valence-corrected chi connectivity index (χ0v) is 11.4. The Morgan fingerprint density at radius 1 is 1.43 bits per heavy atom. The number of carbonyl (C=O) groups excluding carboxylic acids is 1. The van der Waals surface area contributed by atoms with Crippen LogP contribution in [0.5, 0.6) is 0 Å². The zero-order chi connectivity index (χ0) is 15.4. The van der Waals surface area contributed by atoms with Crippen LogP contribution in [0.25, 0.3) is 11.2 Å². The van der Waals surface area contributed by atoms with Crippen LogP contribution in [0.4, 0.5) is 0 Å². The van der Waals surface area contributed by atoms with Crippen molar-refractivity contribution in [1.82, 2.24) is 19.6 Å². The summed E-state index contributed by atoms with van der Waals surface area (Å²) in [4.78, 5) is 34.5. The minimum Gasteiger partial charge on any atom is -0.310 e. The Balaban J connectivity index is 2.85. The van der Waals surface area contributed by atoms with Crippen LogP contribution < -0.4 is 5.56 Å². The van der Waals surface area contributed by atoms with Gasteiger partial charge < -0.3 is 4.98 Å². The molecule has 2 aromatic heterocycles. The summed E-state index contributed by atoms with van der Waals surface area (Å²) >= 11 is 0. The fraction of sp³-hybridized carbons (Fsp3) is 0.0714. The molecular formula is C14H13N5O2. The number of aliphatic imine (C=N–C) groups is 1. The zero-order valence-electron chi connectivity index (χ0n) is 11.4. The molecule has 0 radical (unpaired) electrons. The summed E-state index contributed by atoms with van der Waals surface area (Å²) in [6.07, 6.45) is 7.25. The molecule has 21 heavy (non-hydrogen) atoms. The lowest BCUT2D eigenvalue weighted by Gasteiger charge is -1.97. The number of hydrogen-bond acceptors (Lipinski definition) is 5. The van der Waals surface area contributed by atoms with Crippen molar-refractivity contribution in [3.8, 4) is 0 Å². The number of carbonyl (C=O) groups is 1. The monoisotopic (exact) mass is 283 g/mol. The summed E-state index contributed by atoms with van der Waals surface area (Å²) in [5.74, 6) is -0.241. The molecule has 0 amide bonds. The third-order valence-electron chi connectivity index (χ3n) is 2.59. The highest BCUT2D eigenvalue weighted by Crippen LogP contribution is 2.19. The fourth-order valence-electron chi connectivity index (χ4n) is 1.78. The predicted molar refractivity (Wildman–Crippen MR) is 80.5 cm³/mol. The first-order valence-corrected chi connectivity index (χ1v) is 6.05. The Morgan fingerprint density at radius 3 is 2.81 bits per heavy atom. The van der Waals surface area contributed by atoms with E-state index in [1.165, 1.54) is 36.1 Å². The van der Waals surface area contributed by atoms with Gasteiger partial charge in [0.15, 0.2) is 17.1 Å². The van der Waals surface area contributed by atoms with Gasteiger partial charge in [-0.3, -0.25) is 14.6 Å². The van der Waals surface area contributed by atoms with Gasteiger partial charge in [0.25, 0.3) is 5.56 Å². The molecule has 0 aliphatic rings. The molecule has 106 valence electrons. The van der Waals surface area contributed by atoms with Crippen LogP contribution >= 0.6 is 0 Å². The van der Waals surface area contributed by atoms with Gasteiger partial charge in [0.05, 0.1) is 5.70 Å². The second-order valence-corrected chi connectivity index (χ2v) is 4.02. The topological polar surface area (TPSA) is 92.5 Å². The van der Waals surface area contributed by atoms with Crippen LogP contribution in [-0.4, -0.2) is 31.6 Å². The number of rotatable bonds is 5. The standard InChI is InChI=1S/C14H13N5O2/c1-4-6-10(15-7-5-2)11-12-14(21)16-8-17-19(12)13(18-11)9(3)20/h4-8H,1-2H2,3H3,(H,16,17,21)/b10-6-,15-7?. The Hall–Kier alpha value is -3.09. The largest absolute Gasteiger partial charge is 0.310 e. The average molecular weight is 283 g/mol. The summed E-state index contributed by atoms with van der Waals surface area (Å²) in [5.41, 5.74) is 0.377. The van der Waals surface area contributed by atoms with Crippen LogP contribution in [0.1, 0.15) is 23.2 Å². The van der Waals surface area contributed by atoms with E-state index in [1.807, 2.05) is 0 Å². The van der Waals surface area contributed by atoms with Crippen molar-refractivity contribution in [1.29, 1.82) is 0 Å². The van der Waals surface area contributed by atoms with Gasteiger partial charge in [-0.15, -0.1) is 0 Å². The van der Waals surface area contributed by atoms with Gasteiger partial charge in [0.1, 0.15) is 12.0 Å². The number of imidazole rings is 1. The molecule has 0 aliphatic carbocycles. The predicted octanol–water partition coefficient (Wildman–Crippen LogP) is 1.40. The number of Topliss-reactive ketones (excluding diaryl/α,β-unsaturated/α-hetero) is 1. The number of allylic oxidation sites excluding steroid dienone is 3. The van der Waals surface area contributed by atoms with E-state index in [4.69, 9.17) is 0 Å². The molecule has 2 rings (SSSR count). The number of fused-ring (bicyclic) bond motifs is 1. The first kappa shape index (κ1) is 14.3. The van der Waals surface area contributed by atoms with E-state index in [2.05, 4.69) is 33.2 Å². The minimum atomic E-state index is -0.413. The van der Waals surface area contributed by atoms with Gasteiger partial charge in [-0.1, -0.05) is 25.3 Å². The quantitative estimate of drug-likeness (QED) is 0.510. The van der Waals surface area contributed by atoms with E-state index >= 15 is 0 Å². The Kier molecular flexibility index (Phi) is 4.03. The number of nitrogens with zero attached hydrogens (tertiary/aromatic N) is 4.